The summed E-state index contributed by atoms with van der Waals surface area (Å²) >= 11 is 10.7. The highest BCUT2D eigenvalue weighted by atomic mass is 79.9. The van der Waals surface area contributed by atoms with Gasteiger partial charge in [0.15, 0.2) is 0 Å². The average Bonchev–Trinajstić information content (AvgIpc) is 2.63. The van der Waals surface area contributed by atoms with Crippen LogP contribution in [0.3, 0.4) is 0 Å². The Morgan fingerprint density at radius 1 is 1.18 bits per heavy atom. The lowest BCUT2D eigenvalue weighted by Crippen LogP contribution is -1.80. The molecule has 3 aromatic rings. The highest BCUT2D eigenvalue weighted by molar-refractivity contribution is 9.11. The molecular weight excluding hydrogens is 412 g/mol. The molecule has 0 radical (unpaired) electrons. The normalized spacial score (nSPS) is 11.5. The molecule has 0 spiro atoms. The molecule has 0 atom stereocenters. The zero-order valence-electron chi connectivity index (χ0n) is 8.81. The fourth-order valence-corrected chi connectivity index (χ4v) is 3.60. The average molecular weight is 419 g/mol. The van der Waals surface area contributed by atoms with E-state index in [4.69, 9.17) is 0 Å². The van der Waals surface area contributed by atoms with Crippen LogP contribution in [0, 0.1) is 6.92 Å². The number of pyridine rings is 1. The summed E-state index contributed by atoms with van der Waals surface area (Å²) in [7, 11) is 0. The Balaban J connectivity index is 2.59. The van der Waals surface area contributed by atoms with Crippen molar-refractivity contribution in [3.05, 3.63) is 37.3 Å². The number of hydrogen-bond donors (Lipinski definition) is 1. The van der Waals surface area contributed by atoms with E-state index in [2.05, 4.69) is 76.8 Å². The molecule has 5 heteroatoms. The Hall–Kier alpha value is -0.390. The highest BCUT2D eigenvalue weighted by Crippen LogP contribution is 2.37. The minimum Gasteiger partial charge on any atom is -0.339 e. The smallest absolute Gasteiger partial charge is 0.138 e. The van der Waals surface area contributed by atoms with Crippen LogP contribution >= 0.6 is 47.8 Å². The Morgan fingerprint density at radius 3 is 2.71 bits per heavy atom. The maximum Gasteiger partial charge on any atom is 0.138 e. The van der Waals surface area contributed by atoms with Crippen molar-refractivity contribution in [3.8, 4) is 0 Å². The van der Waals surface area contributed by atoms with Gasteiger partial charge in [-0.15, -0.1) is 0 Å². The molecule has 0 amide bonds. The Bertz CT molecular complexity index is 746. The summed E-state index contributed by atoms with van der Waals surface area (Å²) < 4.78 is 3.17. The second-order valence-electron chi connectivity index (χ2n) is 3.89. The molecule has 0 unspecified atom stereocenters. The number of aromatic nitrogens is 2. The predicted molar refractivity (Wildman–Crippen MR) is 81.4 cm³/mol. The van der Waals surface area contributed by atoms with Gasteiger partial charge in [-0.25, -0.2) is 4.98 Å². The minimum absolute atomic E-state index is 0.904. The number of benzene rings is 1. The van der Waals surface area contributed by atoms with Crippen LogP contribution in [-0.2, 0) is 0 Å². The van der Waals surface area contributed by atoms with Crippen molar-refractivity contribution in [2.75, 3.05) is 0 Å². The van der Waals surface area contributed by atoms with E-state index in [9.17, 15) is 0 Å². The van der Waals surface area contributed by atoms with Crippen molar-refractivity contribution in [1.29, 1.82) is 0 Å². The van der Waals surface area contributed by atoms with E-state index in [1.165, 1.54) is 10.9 Å². The lowest BCUT2D eigenvalue weighted by molar-refractivity contribution is 1.33. The first-order valence-corrected chi connectivity index (χ1v) is 7.37. The van der Waals surface area contributed by atoms with Crippen molar-refractivity contribution in [2.24, 2.45) is 0 Å². The third-order valence-corrected chi connectivity index (χ3v) is 5.07. The third kappa shape index (κ3) is 1.75. The zero-order valence-corrected chi connectivity index (χ0v) is 13.6. The number of hydrogen-bond acceptors (Lipinski definition) is 1. The first-order valence-electron chi connectivity index (χ1n) is 4.99. The first kappa shape index (κ1) is 11.7. The summed E-state index contributed by atoms with van der Waals surface area (Å²) in [5.41, 5.74) is 3.18. The number of rotatable bonds is 0. The number of fused-ring (bicyclic) bond motifs is 3. The largest absolute Gasteiger partial charge is 0.339 e. The molecule has 0 saturated heterocycles. The van der Waals surface area contributed by atoms with Gasteiger partial charge in [0.05, 0.1) is 0 Å². The molecule has 3 rings (SSSR count). The van der Waals surface area contributed by atoms with Crippen LogP contribution in [0.4, 0.5) is 0 Å². The topological polar surface area (TPSA) is 28.7 Å². The molecule has 1 aromatic carbocycles. The molecule has 2 nitrogen and oxygen atoms in total. The van der Waals surface area contributed by atoms with E-state index in [-0.39, 0.29) is 0 Å². The SMILES string of the molecule is Cc1c(Br)cc2[nH]c3ncc(Br)cc3c2c1Br. The number of nitrogens with zero attached hydrogens (tertiary/aromatic N) is 1. The van der Waals surface area contributed by atoms with Gasteiger partial charge in [-0.2, -0.15) is 0 Å². The van der Waals surface area contributed by atoms with Gasteiger partial charge in [0.25, 0.3) is 0 Å². The van der Waals surface area contributed by atoms with Crippen LogP contribution in [0.25, 0.3) is 21.9 Å². The Labute approximate surface area is 123 Å². The lowest BCUT2D eigenvalue weighted by Gasteiger charge is -2.03. The van der Waals surface area contributed by atoms with E-state index in [0.29, 0.717) is 0 Å². The molecule has 86 valence electrons. The number of H-pyrrole nitrogens is 1. The lowest BCUT2D eigenvalue weighted by atomic mass is 10.1. The van der Waals surface area contributed by atoms with Crippen molar-refractivity contribution in [2.45, 2.75) is 6.92 Å². The second kappa shape index (κ2) is 4.07. The van der Waals surface area contributed by atoms with E-state index < -0.39 is 0 Å². The van der Waals surface area contributed by atoms with Crippen LogP contribution in [0.2, 0.25) is 0 Å². The van der Waals surface area contributed by atoms with Crippen molar-refractivity contribution in [3.63, 3.8) is 0 Å². The first-order chi connectivity index (χ1) is 8.08. The molecule has 0 bridgehead atoms. The summed E-state index contributed by atoms with van der Waals surface area (Å²) in [6.07, 6.45) is 1.80. The molecule has 0 saturated carbocycles. The number of nitrogens with one attached hydrogen (secondary N) is 1. The molecule has 2 heterocycles. The monoisotopic (exact) mass is 416 g/mol. The van der Waals surface area contributed by atoms with Crippen LogP contribution < -0.4 is 0 Å². The van der Waals surface area contributed by atoms with E-state index in [1.807, 2.05) is 0 Å². The molecule has 0 aliphatic carbocycles. The minimum atomic E-state index is 0.904. The van der Waals surface area contributed by atoms with Gasteiger partial charge in [0, 0.05) is 35.9 Å². The summed E-state index contributed by atoms with van der Waals surface area (Å²) in [4.78, 5) is 7.70. The van der Waals surface area contributed by atoms with Gasteiger partial charge >= 0.3 is 0 Å². The molecular formula is C12H7Br3N2. The second-order valence-corrected chi connectivity index (χ2v) is 6.46. The van der Waals surface area contributed by atoms with Crippen molar-refractivity contribution >= 4 is 69.7 Å². The quantitative estimate of drug-likeness (QED) is 0.526. The van der Waals surface area contributed by atoms with Crippen LogP contribution in [0.15, 0.2) is 31.7 Å². The molecule has 1 N–H and O–H groups in total. The summed E-state index contributed by atoms with van der Waals surface area (Å²) in [6.45, 7) is 2.08. The van der Waals surface area contributed by atoms with Gasteiger partial charge in [-0.3, -0.25) is 0 Å². The summed E-state index contributed by atoms with van der Waals surface area (Å²) in [5, 5.41) is 2.30. The fraction of sp³-hybridized carbons (Fsp3) is 0.0833. The molecule has 2 aromatic heterocycles. The van der Waals surface area contributed by atoms with Gasteiger partial charge in [0.1, 0.15) is 5.65 Å². The van der Waals surface area contributed by atoms with Crippen molar-refractivity contribution < 1.29 is 0 Å². The molecule has 0 aliphatic heterocycles. The van der Waals surface area contributed by atoms with E-state index in [0.717, 1.165) is 30.0 Å². The maximum atomic E-state index is 4.38. The van der Waals surface area contributed by atoms with Crippen LogP contribution in [0.5, 0.6) is 0 Å². The molecule has 17 heavy (non-hydrogen) atoms. The highest BCUT2D eigenvalue weighted by Gasteiger charge is 2.12. The van der Waals surface area contributed by atoms with E-state index in [1.54, 1.807) is 6.20 Å². The molecule has 0 aliphatic rings. The fourth-order valence-electron chi connectivity index (χ4n) is 1.94. The third-order valence-electron chi connectivity index (χ3n) is 2.82. The van der Waals surface area contributed by atoms with Crippen LogP contribution in [0.1, 0.15) is 5.56 Å². The maximum absolute atomic E-state index is 4.38. The standard InChI is InChI=1S/C12H7Br3N2/c1-5-8(14)3-9-10(11(5)15)7-2-6(13)4-16-12(7)17-9/h2-4H,1H3,(H,16,17). The molecule has 0 fully saturated rings. The summed E-state index contributed by atoms with van der Waals surface area (Å²) in [6, 6.07) is 4.17. The zero-order chi connectivity index (χ0) is 12.2. The Morgan fingerprint density at radius 2 is 1.94 bits per heavy atom. The number of aromatic amines is 1. The van der Waals surface area contributed by atoms with Crippen LogP contribution in [-0.4, -0.2) is 9.97 Å². The summed E-state index contributed by atoms with van der Waals surface area (Å²) in [5.74, 6) is 0. The van der Waals surface area contributed by atoms with E-state index >= 15 is 0 Å². The predicted octanol–water partition coefficient (Wildman–Crippen LogP) is 5.31. The van der Waals surface area contributed by atoms with Gasteiger partial charge < -0.3 is 4.98 Å². The van der Waals surface area contributed by atoms with Crippen molar-refractivity contribution in [1.82, 2.24) is 9.97 Å². The Kier molecular flexibility index (Phi) is 2.80. The number of halogens is 3. The van der Waals surface area contributed by atoms with Gasteiger partial charge in [-0.05, 0) is 56.5 Å². The van der Waals surface area contributed by atoms with Gasteiger partial charge in [-0.1, -0.05) is 15.9 Å². The van der Waals surface area contributed by atoms with Gasteiger partial charge in [0.2, 0.25) is 0 Å².